The minimum Gasteiger partial charge on any atom is -0.496 e. The number of methoxy groups -OCH3 is 1. The molecule has 0 spiro atoms. The van der Waals surface area contributed by atoms with Gasteiger partial charge < -0.3 is 19.7 Å². The maximum Gasteiger partial charge on any atom is 0.225 e. The molecule has 1 fully saturated rings. The molecule has 2 rings (SSSR count). The quantitative estimate of drug-likeness (QED) is 0.873. The van der Waals surface area contributed by atoms with Crippen molar-refractivity contribution in [1.82, 2.24) is 10.2 Å². The van der Waals surface area contributed by atoms with Crippen LogP contribution in [0.5, 0.6) is 5.75 Å². The number of carbonyl (C=O) groups excluding carboxylic acids is 1. The van der Waals surface area contributed by atoms with Crippen LogP contribution in [-0.2, 0) is 16.1 Å². The zero-order valence-electron chi connectivity index (χ0n) is 12.4. The third-order valence-electron chi connectivity index (χ3n) is 3.48. The Morgan fingerprint density at radius 1 is 1.57 bits per heavy atom. The molecule has 0 saturated carbocycles. The van der Waals surface area contributed by atoms with Crippen LogP contribution in [-0.4, -0.2) is 50.8 Å². The van der Waals surface area contributed by atoms with E-state index in [9.17, 15) is 4.79 Å². The Hall–Kier alpha value is -1.11. The van der Waals surface area contributed by atoms with Crippen molar-refractivity contribution in [3.63, 3.8) is 0 Å². The van der Waals surface area contributed by atoms with Crippen LogP contribution in [0.15, 0.2) is 22.7 Å². The van der Waals surface area contributed by atoms with Gasteiger partial charge in [-0.15, -0.1) is 0 Å². The van der Waals surface area contributed by atoms with Gasteiger partial charge >= 0.3 is 0 Å². The lowest BCUT2D eigenvalue weighted by Crippen LogP contribution is -2.41. The molecule has 1 heterocycles. The van der Waals surface area contributed by atoms with Gasteiger partial charge in [-0.05, 0) is 18.2 Å². The average molecular weight is 357 g/mol. The zero-order valence-corrected chi connectivity index (χ0v) is 14.0. The summed E-state index contributed by atoms with van der Waals surface area (Å²) < 4.78 is 11.9. The first kappa shape index (κ1) is 16.3. The SMILES string of the molecule is COc1ccc(Br)cc1CN(C)C(=O)CC1CNCCO1. The highest BCUT2D eigenvalue weighted by molar-refractivity contribution is 9.10. The van der Waals surface area contributed by atoms with Crippen molar-refractivity contribution in [3.05, 3.63) is 28.2 Å². The van der Waals surface area contributed by atoms with E-state index in [1.807, 2.05) is 18.2 Å². The van der Waals surface area contributed by atoms with Gasteiger partial charge in [-0.3, -0.25) is 4.79 Å². The molecular weight excluding hydrogens is 336 g/mol. The molecule has 0 aliphatic carbocycles. The number of hydrogen-bond donors (Lipinski definition) is 1. The number of benzene rings is 1. The molecular formula is C15H21BrN2O3. The number of morpholine rings is 1. The standard InChI is InChI=1S/C15H21BrN2O3/c1-18(15(19)8-13-9-17-5-6-21-13)10-11-7-12(16)3-4-14(11)20-2/h3-4,7,13,17H,5-6,8-10H2,1-2H3. The fourth-order valence-electron chi connectivity index (χ4n) is 2.32. The number of amides is 1. The van der Waals surface area contributed by atoms with Crippen LogP contribution in [0.1, 0.15) is 12.0 Å². The molecule has 1 amide bonds. The Morgan fingerprint density at radius 2 is 2.38 bits per heavy atom. The van der Waals surface area contributed by atoms with Gasteiger partial charge in [0.2, 0.25) is 5.91 Å². The average Bonchev–Trinajstić information content (AvgIpc) is 2.48. The number of carbonyl (C=O) groups is 1. The second kappa shape index (κ2) is 7.77. The summed E-state index contributed by atoms with van der Waals surface area (Å²) in [6.45, 7) is 2.78. The molecule has 1 aromatic rings. The topological polar surface area (TPSA) is 50.8 Å². The van der Waals surface area contributed by atoms with E-state index < -0.39 is 0 Å². The number of nitrogens with one attached hydrogen (secondary N) is 1. The highest BCUT2D eigenvalue weighted by Gasteiger charge is 2.20. The smallest absolute Gasteiger partial charge is 0.225 e. The predicted molar refractivity (Wildman–Crippen MR) is 84.4 cm³/mol. The Morgan fingerprint density at radius 3 is 3.05 bits per heavy atom. The van der Waals surface area contributed by atoms with Crippen molar-refractivity contribution in [2.24, 2.45) is 0 Å². The van der Waals surface area contributed by atoms with E-state index in [1.165, 1.54) is 0 Å². The molecule has 1 aliphatic rings. The maximum absolute atomic E-state index is 12.3. The molecule has 1 atom stereocenters. The molecule has 1 N–H and O–H groups in total. The van der Waals surface area contributed by atoms with E-state index in [-0.39, 0.29) is 12.0 Å². The van der Waals surface area contributed by atoms with E-state index in [2.05, 4.69) is 21.2 Å². The summed E-state index contributed by atoms with van der Waals surface area (Å²) in [7, 11) is 3.44. The zero-order chi connectivity index (χ0) is 15.2. The van der Waals surface area contributed by atoms with E-state index in [0.717, 1.165) is 28.9 Å². The Balaban J connectivity index is 1.95. The minimum absolute atomic E-state index is 0.0295. The molecule has 5 nitrogen and oxygen atoms in total. The Bertz CT molecular complexity index is 490. The lowest BCUT2D eigenvalue weighted by Gasteiger charge is -2.26. The molecule has 0 bridgehead atoms. The first-order valence-corrected chi connectivity index (χ1v) is 7.78. The van der Waals surface area contributed by atoms with Crippen molar-refractivity contribution >= 4 is 21.8 Å². The fourth-order valence-corrected chi connectivity index (χ4v) is 2.72. The molecule has 0 aromatic heterocycles. The third kappa shape index (κ3) is 4.69. The Labute approximate surface area is 133 Å². The summed E-state index contributed by atoms with van der Waals surface area (Å²) in [6, 6.07) is 5.79. The molecule has 6 heteroatoms. The Kier molecular flexibility index (Phi) is 6.02. The van der Waals surface area contributed by atoms with Gasteiger partial charge in [0.15, 0.2) is 0 Å². The van der Waals surface area contributed by atoms with Crippen LogP contribution < -0.4 is 10.1 Å². The van der Waals surface area contributed by atoms with E-state index in [4.69, 9.17) is 9.47 Å². The minimum atomic E-state index is -0.0295. The van der Waals surface area contributed by atoms with Crippen LogP contribution >= 0.6 is 15.9 Å². The van der Waals surface area contributed by atoms with Crippen LogP contribution in [0.25, 0.3) is 0 Å². The van der Waals surface area contributed by atoms with Crippen LogP contribution in [0.2, 0.25) is 0 Å². The van der Waals surface area contributed by atoms with Crippen molar-refractivity contribution in [3.8, 4) is 5.75 Å². The summed E-state index contributed by atoms with van der Waals surface area (Å²) in [5.74, 6) is 0.860. The van der Waals surface area contributed by atoms with Crippen LogP contribution in [0.4, 0.5) is 0 Å². The van der Waals surface area contributed by atoms with Gasteiger partial charge in [0, 0.05) is 36.7 Å². The lowest BCUT2D eigenvalue weighted by molar-refractivity contribution is -0.134. The second-order valence-corrected chi connectivity index (χ2v) is 6.02. The summed E-state index contributed by atoms with van der Waals surface area (Å²) >= 11 is 3.44. The van der Waals surface area contributed by atoms with Gasteiger partial charge in [0.05, 0.1) is 26.2 Å². The van der Waals surface area contributed by atoms with Crippen molar-refractivity contribution < 1.29 is 14.3 Å². The molecule has 1 saturated heterocycles. The molecule has 0 radical (unpaired) electrons. The largest absolute Gasteiger partial charge is 0.496 e. The monoisotopic (exact) mass is 356 g/mol. The highest BCUT2D eigenvalue weighted by Crippen LogP contribution is 2.24. The predicted octanol–water partition coefficient (Wildman–Crippen LogP) is 1.79. The van der Waals surface area contributed by atoms with Gasteiger partial charge in [0.1, 0.15) is 5.75 Å². The summed E-state index contributed by atoms with van der Waals surface area (Å²) in [4.78, 5) is 14.0. The first-order chi connectivity index (χ1) is 10.1. The third-order valence-corrected chi connectivity index (χ3v) is 3.98. The summed E-state index contributed by atoms with van der Waals surface area (Å²) in [5.41, 5.74) is 0.977. The summed E-state index contributed by atoms with van der Waals surface area (Å²) in [6.07, 6.45) is 0.373. The van der Waals surface area contributed by atoms with E-state index >= 15 is 0 Å². The molecule has 21 heavy (non-hydrogen) atoms. The lowest BCUT2D eigenvalue weighted by atomic mass is 10.1. The van der Waals surface area contributed by atoms with E-state index in [0.29, 0.717) is 19.6 Å². The number of nitrogens with zero attached hydrogens (tertiary/aromatic N) is 1. The number of hydrogen-bond acceptors (Lipinski definition) is 4. The number of ether oxygens (including phenoxy) is 2. The van der Waals surface area contributed by atoms with Crippen molar-refractivity contribution in [2.75, 3.05) is 33.9 Å². The fraction of sp³-hybridized carbons (Fsp3) is 0.533. The normalized spacial score (nSPS) is 18.3. The summed E-state index contributed by atoms with van der Waals surface area (Å²) in [5, 5.41) is 3.23. The molecule has 1 aromatic carbocycles. The van der Waals surface area contributed by atoms with Gasteiger partial charge in [-0.25, -0.2) is 0 Å². The van der Waals surface area contributed by atoms with E-state index in [1.54, 1.807) is 19.1 Å². The van der Waals surface area contributed by atoms with Crippen molar-refractivity contribution in [1.29, 1.82) is 0 Å². The molecule has 1 aliphatic heterocycles. The van der Waals surface area contributed by atoms with Crippen LogP contribution in [0, 0.1) is 0 Å². The van der Waals surface area contributed by atoms with Crippen molar-refractivity contribution in [2.45, 2.75) is 19.1 Å². The number of rotatable bonds is 5. The molecule has 116 valence electrons. The molecule has 1 unspecified atom stereocenters. The number of halogens is 1. The second-order valence-electron chi connectivity index (χ2n) is 5.11. The maximum atomic E-state index is 12.3. The highest BCUT2D eigenvalue weighted by atomic mass is 79.9. The van der Waals surface area contributed by atoms with Crippen LogP contribution in [0.3, 0.4) is 0 Å². The van der Waals surface area contributed by atoms with Gasteiger partial charge in [-0.2, -0.15) is 0 Å². The van der Waals surface area contributed by atoms with Gasteiger partial charge in [0.25, 0.3) is 0 Å². The first-order valence-electron chi connectivity index (χ1n) is 6.99. The van der Waals surface area contributed by atoms with Gasteiger partial charge in [-0.1, -0.05) is 15.9 Å².